The molecule has 2 rings (SSSR count). The Kier molecular flexibility index (Phi) is 4.93. The van der Waals surface area contributed by atoms with Crippen LogP contribution in [0, 0.1) is 11.8 Å². The largest absolute Gasteiger partial charge is 0.481 e. The Morgan fingerprint density at radius 2 is 1.95 bits per heavy atom. The molecule has 0 spiro atoms. The predicted molar refractivity (Wildman–Crippen MR) is 81.8 cm³/mol. The summed E-state index contributed by atoms with van der Waals surface area (Å²) >= 11 is 0. The number of amides is 1. The van der Waals surface area contributed by atoms with Crippen molar-refractivity contribution in [1.82, 2.24) is 15.5 Å². The van der Waals surface area contributed by atoms with Gasteiger partial charge in [0, 0.05) is 12.1 Å². The molecule has 2 aromatic rings. The van der Waals surface area contributed by atoms with Crippen molar-refractivity contribution in [2.24, 2.45) is 11.8 Å². The number of hydrogen-bond acceptors (Lipinski definition) is 3. The summed E-state index contributed by atoms with van der Waals surface area (Å²) in [4.78, 5) is 23.2. The molecule has 0 bridgehead atoms. The number of carbonyl (C=O) groups excluding carboxylic acids is 1. The van der Waals surface area contributed by atoms with Crippen LogP contribution in [-0.2, 0) is 16.1 Å². The molecule has 0 saturated heterocycles. The maximum Gasteiger partial charge on any atom is 0.316 e. The average molecular weight is 301 g/mol. The van der Waals surface area contributed by atoms with E-state index in [1.54, 1.807) is 20.0 Å². The van der Waals surface area contributed by atoms with E-state index in [-0.39, 0.29) is 12.5 Å². The Morgan fingerprint density at radius 3 is 2.55 bits per heavy atom. The van der Waals surface area contributed by atoms with Gasteiger partial charge in [0.1, 0.15) is 5.92 Å². The summed E-state index contributed by atoms with van der Waals surface area (Å²) in [5, 5.41) is 18.7. The molecule has 1 amide bonds. The van der Waals surface area contributed by atoms with Crippen molar-refractivity contribution < 1.29 is 14.7 Å². The Hall–Kier alpha value is -2.63. The van der Waals surface area contributed by atoms with Crippen molar-refractivity contribution in [2.45, 2.75) is 20.4 Å². The predicted octanol–water partition coefficient (Wildman–Crippen LogP) is 2.05. The average Bonchev–Trinajstić information content (AvgIpc) is 2.93. The third-order valence-electron chi connectivity index (χ3n) is 3.45. The van der Waals surface area contributed by atoms with Gasteiger partial charge in [-0.3, -0.25) is 14.7 Å². The fraction of sp³-hybridized carbons (Fsp3) is 0.312. The summed E-state index contributed by atoms with van der Waals surface area (Å²) in [7, 11) is 0. The smallest absolute Gasteiger partial charge is 0.316 e. The van der Waals surface area contributed by atoms with E-state index in [0.29, 0.717) is 0 Å². The topological polar surface area (TPSA) is 95.1 Å². The van der Waals surface area contributed by atoms with Gasteiger partial charge >= 0.3 is 5.97 Å². The number of aromatic nitrogens is 2. The monoisotopic (exact) mass is 301 g/mol. The zero-order valence-electron chi connectivity index (χ0n) is 12.5. The van der Waals surface area contributed by atoms with E-state index in [2.05, 4.69) is 15.5 Å². The van der Waals surface area contributed by atoms with Gasteiger partial charge in [-0.1, -0.05) is 44.2 Å². The van der Waals surface area contributed by atoms with Gasteiger partial charge in [-0.15, -0.1) is 0 Å². The molecule has 6 heteroatoms. The van der Waals surface area contributed by atoms with E-state index in [4.69, 9.17) is 5.11 Å². The molecule has 0 aliphatic heterocycles. The first-order valence-electron chi connectivity index (χ1n) is 7.09. The Balaban J connectivity index is 2.09. The number of nitrogens with zero attached hydrogens (tertiary/aromatic N) is 1. The van der Waals surface area contributed by atoms with Crippen molar-refractivity contribution in [1.29, 1.82) is 0 Å². The number of carboxylic acid groups (broad SMARTS) is 1. The van der Waals surface area contributed by atoms with Crippen LogP contribution in [-0.4, -0.2) is 27.2 Å². The van der Waals surface area contributed by atoms with Crippen LogP contribution in [0.25, 0.3) is 11.3 Å². The van der Waals surface area contributed by atoms with Crippen LogP contribution < -0.4 is 5.32 Å². The second-order valence-corrected chi connectivity index (χ2v) is 5.41. The van der Waals surface area contributed by atoms with Gasteiger partial charge in [0.05, 0.1) is 11.9 Å². The lowest BCUT2D eigenvalue weighted by Gasteiger charge is -2.15. The highest BCUT2D eigenvalue weighted by molar-refractivity contribution is 5.97. The van der Waals surface area contributed by atoms with E-state index in [1.165, 1.54) is 0 Å². The van der Waals surface area contributed by atoms with Gasteiger partial charge in [-0.05, 0) is 11.5 Å². The van der Waals surface area contributed by atoms with Crippen LogP contribution in [0.3, 0.4) is 0 Å². The number of aliphatic carboxylic acids is 1. The molecule has 6 nitrogen and oxygen atoms in total. The van der Waals surface area contributed by atoms with Crippen molar-refractivity contribution in [3.63, 3.8) is 0 Å². The first-order valence-corrected chi connectivity index (χ1v) is 7.09. The highest BCUT2D eigenvalue weighted by Gasteiger charge is 2.29. The highest BCUT2D eigenvalue weighted by Crippen LogP contribution is 2.20. The first-order chi connectivity index (χ1) is 10.5. The zero-order valence-corrected chi connectivity index (χ0v) is 12.5. The first kappa shape index (κ1) is 15.8. The standard InChI is InChI=1S/C16H19N3O3/c1-10(2)13(16(21)22)15(20)17-8-12-9-18-19-14(12)11-6-4-3-5-7-11/h3-7,9-10,13H,8H2,1-2H3,(H,17,20)(H,18,19)(H,21,22). The van der Waals surface area contributed by atoms with Crippen LogP contribution in [0.4, 0.5) is 0 Å². The summed E-state index contributed by atoms with van der Waals surface area (Å²) in [6.07, 6.45) is 1.63. The third-order valence-corrected chi connectivity index (χ3v) is 3.45. The molecule has 1 aromatic heterocycles. The normalized spacial score (nSPS) is 12.1. The number of H-pyrrole nitrogens is 1. The van der Waals surface area contributed by atoms with Gasteiger partial charge in [0.15, 0.2) is 0 Å². The number of rotatable bonds is 6. The molecule has 1 heterocycles. The lowest BCUT2D eigenvalue weighted by molar-refractivity contribution is -0.148. The zero-order chi connectivity index (χ0) is 16.1. The molecule has 1 aromatic carbocycles. The second-order valence-electron chi connectivity index (χ2n) is 5.41. The minimum Gasteiger partial charge on any atom is -0.481 e. The maximum atomic E-state index is 12.0. The van der Waals surface area contributed by atoms with Crippen molar-refractivity contribution in [3.8, 4) is 11.3 Å². The number of hydrogen-bond donors (Lipinski definition) is 3. The number of aromatic amines is 1. The van der Waals surface area contributed by atoms with Gasteiger partial charge in [-0.25, -0.2) is 0 Å². The molecule has 0 aliphatic rings. The van der Waals surface area contributed by atoms with Gasteiger partial charge < -0.3 is 10.4 Å². The Morgan fingerprint density at radius 1 is 1.27 bits per heavy atom. The Labute approximate surface area is 128 Å². The third kappa shape index (κ3) is 3.52. The van der Waals surface area contributed by atoms with Crippen LogP contribution in [0.1, 0.15) is 19.4 Å². The van der Waals surface area contributed by atoms with E-state index in [9.17, 15) is 9.59 Å². The lowest BCUT2D eigenvalue weighted by atomic mass is 9.95. The number of benzene rings is 1. The van der Waals surface area contributed by atoms with Gasteiger partial charge in [0.25, 0.3) is 0 Å². The van der Waals surface area contributed by atoms with Gasteiger partial charge in [0.2, 0.25) is 5.91 Å². The van der Waals surface area contributed by atoms with Crippen LogP contribution >= 0.6 is 0 Å². The van der Waals surface area contributed by atoms with Crippen LogP contribution in [0.2, 0.25) is 0 Å². The summed E-state index contributed by atoms with van der Waals surface area (Å²) in [5.74, 6) is -2.91. The molecule has 0 saturated carbocycles. The molecule has 0 fully saturated rings. The van der Waals surface area contributed by atoms with Gasteiger partial charge in [-0.2, -0.15) is 5.10 Å². The van der Waals surface area contributed by atoms with E-state index in [0.717, 1.165) is 16.8 Å². The molecule has 1 atom stereocenters. The lowest BCUT2D eigenvalue weighted by Crippen LogP contribution is -2.38. The summed E-state index contributed by atoms with van der Waals surface area (Å²) < 4.78 is 0. The van der Waals surface area contributed by atoms with Crippen molar-refractivity contribution >= 4 is 11.9 Å². The van der Waals surface area contributed by atoms with Crippen molar-refractivity contribution in [3.05, 3.63) is 42.1 Å². The Bertz CT molecular complexity index is 650. The summed E-state index contributed by atoms with van der Waals surface area (Å²) in [6, 6.07) is 9.62. The molecule has 3 N–H and O–H groups in total. The molecule has 22 heavy (non-hydrogen) atoms. The number of carboxylic acids is 1. The van der Waals surface area contributed by atoms with Crippen LogP contribution in [0.15, 0.2) is 36.5 Å². The highest BCUT2D eigenvalue weighted by atomic mass is 16.4. The molecule has 1 unspecified atom stereocenters. The SMILES string of the molecule is CC(C)C(C(=O)O)C(=O)NCc1cn[nH]c1-c1ccccc1. The summed E-state index contributed by atoms with van der Waals surface area (Å²) in [6.45, 7) is 3.66. The second kappa shape index (κ2) is 6.89. The molecular weight excluding hydrogens is 282 g/mol. The van der Waals surface area contributed by atoms with Crippen molar-refractivity contribution in [2.75, 3.05) is 0 Å². The molecular formula is C16H19N3O3. The maximum absolute atomic E-state index is 12.0. The van der Waals surface area contributed by atoms with E-state index in [1.807, 2.05) is 30.3 Å². The summed E-state index contributed by atoms with van der Waals surface area (Å²) in [5.41, 5.74) is 2.59. The fourth-order valence-corrected chi connectivity index (χ4v) is 2.29. The molecule has 0 radical (unpaired) electrons. The minimum absolute atomic E-state index is 0.232. The molecule has 0 aliphatic carbocycles. The minimum atomic E-state index is -1.11. The molecule has 116 valence electrons. The number of carbonyl (C=O) groups is 2. The van der Waals surface area contributed by atoms with E-state index < -0.39 is 17.8 Å². The van der Waals surface area contributed by atoms with E-state index >= 15 is 0 Å². The quantitative estimate of drug-likeness (QED) is 0.712. The van der Waals surface area contributed by atoms with Crippen LogP contribution in [0.5, 0.6) is 0 Å². The fourth-order valence-electron chi connectivity index (χ4n) is 2.29. The number of nitrogens with one attached hydrogen (secondary N) is 2.